The van der Waals surface area contributed by atoms with Gasteiger partial charge in [-0.1, -0.05) is 11.6 Å². The molecular formula is C13H15Cl2NO4S. The smallest absolute Gasteiger partial charge is 0.242 e. The number of rotatable bonds is 4. The number of hydrogen-bond donors (Lipinski definition) is 0. The summed E-state index contributed by atoms with van der Waals surface area (Å²) in [6.07, 6.45) is 0.382. The highest BCUT2D eigenvalue weighted by Crippen LogP contribution is 2.33. The number of alkyl halides is 1. The molecule has 1 atom stereocenters. The summed E-state index contributed by atoms with van der Waals surface area (Å²) in [5.74, 6) is -0.0547. The van der Waals surface area contributed by atoms with Gasteiger partial charge in [-0.25, -0.2) is 8.42 Å². The van der Waals surface area contributed by atoms with Crippen molar-refractivity contribution in [3.05, 3.63) is 23.2 Å². The van der Waals surface area contributed by atoms with Crippen LogP contribution in [0.1, 0.15) is 6.42 Å². The van der Waals surface area contributed by atoms with E-state index in [1.54, 1.807) is 18.2 Å². The third-order valence-electron chi connectivity index (χ3n) is 3.37. The molecule has 0 saturated carbocycles. The summed E-state index contributed by atoms with van der Waals surface area (Å²) in [6, 6.07) is 4.44. The number of amides is 1. The van der Waals surface area contributed by atoms with Gasteiger partial charge in [-0.15, -0.1) is 11.6 Å². The van der Waals surface area contributed by atoms with Gasteiger partial charge in [-0.2, -0.15) is 0 Å². The second-order valence-electron chi connectivity index (χ2n) is 4.77. The second kappa shape index (κ2) is 6.42. The lowest BCUT2D eigenvalue weighted by atomic mass is 10.1. The number of halogens is 2. The van der Waals surface area contributed by atoms with E-state index in [4.69, 9.17) is 27.9 Å². The zero-order chi connectivity index (χ0) is 15.6. The number of carbonyl (C=O) groups is 1. The van der Waals surface area contributed by atoms with Gasteiger partial charge in [0.2, 0.25) is 5.91 Å². The van der Waals surface area contributed by atoms with Crippen LogP contribution in [0.15, 0.2) is 18.2 Å². The highest BCUT2D eigenvalue weighted by molar-refractivity contribution is 7.91. The zero-order valence-electron chi connectivity index (χ0n) is 11.4. The molecule has 1 aliphatic heterocycles. The monoisotopic (exact) mass is 351 g/mol. The van der Waals surface area contributed by atoms with Crippen molar-refractivity contribution in [1.29, 1.82) is 0 Å². The number of ether oxygens (including phenoxy) is 1. The molecule has 1 aromatic rings. The van der Waals surface area contributed by atoms with Crippen molar-refractivity contribution in [2.24, 2.45) is 0 Å². The van der Waals surface area contributed by atoms with Crippen molar-refractivity contribution in [1.82, 2.24) is 0 Å². The molecule has 8 heteroatoms. The van der Waals surface area contributed by atoms with E-state index in [0.29, 0.717) is 22.9 Å². The zero-order valence-corrected chi connectivity index (χ0v) is 13.7. The highest BCUT2D eigenvalue weighted by atomic mass is 35.5. The lowest BCUT2D eigenvalue weighted by molar-refractivity contribution is -0.116. The van der Waals surface area contributed by atoms with Gasteiger partial charge < -0.3 is 9.64 Å². The molecule has 1 amide bonds. The van der Waals surface area contributed by atoms with Gasteiger partial charge in [0, 0.05) is 6.07 Å². The van der Waals surface area contributed by atoms with Crippen LogP contribution in [0.2, 0.25) is 5.02 Å². The van der Waals surface area contributed by atoms with E-state index in [9.17, 15) is 13.2 Å². The topological polar surface area (TPSA) is 63.7 Å². The van der Waals surface area contributed by atoms with Crippen molar-refractivity contribution in [2.45, 2.75) is 12.5 Å². The van der Waals surface area contributed by atoms with Crippen LogP contribution in [0.25, 0.3) is 0 Å². The second-order valence-corrected chi connectivity index (χ2v) is 7.67. The molecule has 0 spiro atoms. The Morgan fingerprint density at radius 2 is 2.19 bits per heavy atom. The number of methoxy groups -OCH3 is 1. The molecule has 0 N–H and O–H groups in total. The fourth-order valence-corrected chi connectivity index (χ4v) is 4.48. The Morgan fingerprint density at radius 1 is 1.48 bits per heavy atom. The third-order valence-corrected chi connectivity index (χ3v) is 5.65. The van der Waals surface area contributed by atoms with Gasteiger partial charge >= 0.3 is 0 Å². The standard InChI is InChI=1S/C13H15Cl2NO4S/c1-20-10-2-3-12(11(15)6-10)16(13(17)7-14)9-4-5-21(18,19)8-9/h2-3,6,9H,4-5,7-8H2,1H3. The van der Waals surface area contributed by atoms with Crippen molar-refractivity contribution >= 4 is 44.6 Å². The number of hydrogen-bond acceptors (Lipinski definition) is 4. The van der Waals surface area contributed by atoms with E-state index in [1.165, 1.54) is 12.0 Å². The predicted molar refractivity (Wildman–Crippen MR) is 83.3 cm³/mol. The van der Waals surface area contributed by atoms with Crippen molar-refractivity contribution in [2.75, 3.05) is 29.4 Å². The minimum Gasteiger partial charge on any atom is -0.497 e. The lowest BCUT2D eigenvalue weighted by Gasteiger charge is -2.28. The van der Waals surface area contributed by atoms with E-state index >= 15 is 0 Å². The van der Waals surface area contributed by atoms with Gasteiger partial charge in [0.15, 0.2) is 9.84 Å². The van der Waals surface area contributed by atoms with Crippen LogP contribution < -0.4 is 9.64 Å². The molecule has 2 rings (SSSR count). The maximum Gasteiger partial charge on any atom is 0.242 e. The number of anilines is 1. The molecule has 1 aliphatic rings. The number of nitrogens with zero attached hydrogens (tertiary/aromatic N) is 1. The van der Waals surface area contributed by atoms with Crippen LogP contribution in [-0.2, 0) is 14.6 Å². The van der Waals surface area contributed by atoms with Crippen molar-refractivity contribution in [3.8, 4) is 5.75 Å². The van der Waals surface area contributed by atoms with Gasteiger partial charge in [0.25, 0.3) is 0 Å². The molecule has 1 unspecified atom stereocenters. The molecule has 21 heavy (non-hydrogen) atoms. The van der Waals surface area contributed by atoms with Crippen LogP contribution >= 0.6 is 23.2 Å². The lowest BCUT2D eigenvalue weighted by Crippen LogP contribution is -2.42. The van der Waals surface area contributed by atoms with Crippen molar-refractivity contribution in [3.63, 3.8) is 0 Å². The molecule has 1 fully saturated rings. The SMILES string of the molecule is COc1ccc(N(C(=O)CCl)C2CCS(=O)(=O)C2)c(Cl)c1. The van der Waals surface area contributed by atoms with Gasteiger partial charge in [0.05, 0.1) is 35.4 Å². The van der Waals surface area contributed by atoms with E-state index in [-0.39, 0.29) is 23.3 Å². The Balaban J connectivity index is 2.39. The minimum absolute atomic E-state index is 0.0670. The molecular weight excluding hydrogens is 337 g/mol. The van der Waals surface area contributed by atoms with Crippen LogP contribution in [0.3, 0.4) is 0 Å². The molecule has 1 aromatic carbocycles. The summed E-state index contributed by atoms with van der Waals surface area (Å²) in [7, 11) is -1.61. The Bertz CT molecular complexity index is 648. The number of sulfone groups is 1. The van der Waals surface area contributed by atoms with Crippen molar-refractivity contribution < 1.29 is 17.9 Å². The summed E-state index contributed by atoms with van der Waals surface area (Å²) in [5.41, 5.74) is 0.449. The molecule has 0 bridgehead atoms. The molecule has 1 heterocycles. The Morgan fingerprint density at radius 3 is 2.67 bits per heavy atom. The average molecular weight is 352 g/mol. The van der Waals surface area contributed by atoms with E-state index in [0.717, 1.165) is 0 Å². The minimum atomic E-state index is -3.12. The molecule has 0 aromatic heterocycles. The molecule has 1 saturated heterocycles. The summed E-state index contributed by atoms with van der Waals surface area (Å²) >= 11 is 11.8. The van der Waals surface area contributed by atoms with E-state index in [1.807, 2.05) is 0 Å². The molecule has 0 radical (unpaired) electrons. The summed E-state index contributed by atoms with van der Waals surface area (Å²) in [4.78, 5) is 13.5. The van der Waals surface area contributed by atoms with Crippen LogP contribution in [-0.4, -0.2) is 44.9 Å². The molecule has 0 aliphatic carbocycles. The normalized spacial score (nSPS) is 20.2. The van der Waals surface area contributed by atoms with Crippen LogP contribution in [0.4, 0.5) is 5.69 Å². The number of benzene rings is 1. The summed E-state index contributed by atoms with van der Waals surface area (Å²) in [5, 5.41) is 0.317. The molecule has 116 valence electrons. The first-order valence-electron chi connectivity index (χ1n) is 6.30. The Hall–Kier alpha value is -0.980. The van der Waals surface area contributed by atoms with Gasteiger partial charge in [-0.05, 0) is 18.6 Å². The first-order chi connectivity index (χ1) is 9.88. The summed E-state index contributed by atoms with van der Waals surface area (Å²) < 4.78 is 28.4. The van der Waals surface area contributed by atoms with E-state index < -0.39 is 15.9 Å². The quantitative estimate of drug-likeness (QED) is 0.779. The molecule has 5 nitrogen and oxygen atoms in total. The first kappa shape index (κ1) is 16.4. The number of carbonyl (C=O) groups excluding carboxylic acids is 1. The first-order valence-corrected chi connectivity index (χ1v) is 9.03. The van der Waals surface area contributed by atoms with Crippen LogP contribution in [0.5, 0.6) is 5.75 Å². The fraction of sp³-hybridized carbons (Fsp3) is 0.462. The highest BCUT2D eigenvalue weighted by Gasteiger charge is 2.36. The summed E-state index contributed by atoms with van der Waals surface area (Å²) in [6.45, 7) is 0. The fourth-order valence-electron chi connectivity index (χ4n) is 2.39. The third kappa shape index (κ3) is 3.62. The Labute approximate surface area is 133 Å². The van der Waals surface area contributed by atoms with Gasteiger partial charge in [0.1, 0.15) is 11.6 Å². The predicted octanol–water partition coefficient (Wildman–Crippen LogP) is 2.11. The average Bonchev–Trinajstić information content (AvgIpc) is 2.80. The van der Waals surface area contributed by atoms with Crippen LogP contribution in [0, 0.1) is 0 Å². The maximum absolute atomic E-state index is 12.1. The Kier molecular flexibility index (Phi) is 5.01. The largest absolute Gasteiger partial charge is 0.497 e. The van der Waals surface area contributed by atoms with E-state index in [2.05, 4.69) is 0 Å². The maximum atomic E-state index is 12.1. The van der Waals surface area contributed by atoms with Gasteiger partial charge in [-0.3, -0.25) is 4.79 Å².